The number of aliphatic carboxylic acids is 1. The van der Waals surface area contributed by atoms with Crippen LogP contribution in [-0.4, -0.2) is 71.4 Å². The summed E-state index contributed by atoms with van der Waals surface area (Å²) in [4.78, 5) is 25.2. The maximum atomic E-state index is 11.2. The number of rotatable bonds is 7. The van der Waals surface area contributed by atoms with E-state index in [0.717, 1.165) is 76.0 Å². The lowest BCUT2D eigenvalue weighted by Crippen LogP contribution is -2.54. The Bertz CT molecular complexity index is 634. The molecule has 1 aromatic rings. The summed E-state index contributed by atoms with van der Waals surface area (Å²) in [6, 6.07) is 2.54. The van der Waals surface area contributed by atoms with Crippen LogP contribution in [0, 0.1) is 12.8 Å². The van der Waals surface area contributed by atoms with Crippen LogP contribution in [0.15, 0.2) is 6.07 Å². The lowest BCUT2D eigenvalue weighted by Gasteiger charge is -2.45. The van der Waals surface area contributed by atoms with Crippen LogP contribution in [0.25, 0.3) is 0 Å². The van der Waals surface area contributed by atoms with E-state index >= 15 is 0 Å². The highest BCUT2D eigenvalue weighted by molar-refractivity contribution is 5.66. The zero-order chi connectivity index (χ0) is 19.2. The van der Waals surface area contributed by atoms with Crippen LogP contribution >= 0.6 is 0 Å². The molecule has 0 bridgehead atoms. The van der Waals surface area contributed by atoms with Crippen LogP contribution in [0.2, 0.25) is 0 Å². The Labute approximate surface area is 161 Å². The molecule has 0 spiro atoms. The Morgan fingerprint density at radius 1 is 1.30 bits per heavy atom. The van der Waals surface area contributed by atoms with Crippen LogP contribution in [0.4, 0.5) is 5.82 Å². The van der Waals surface area contributed by atoms with E-state index in [1.807, 2.05) is 6.92 Å². The molecular formula is C20H32N4O3. The van der Waals surface area contributed by atoms with E-state index < -0.39 is 5.97 Å². The van der Waals surface area contributed by atoms with Gasteiger partial charge in [0, 0.05) is 50.4 Å². The summed E-state index contributed by atoms with van der Waals surface area (Å²) in [5.74, 6) is 1.42. The minimum atomic E-state index is -0.712. The van der Waals surface area contributed by atoms with Gasteiger partial charge in [-0.25, -0.2) is 9.97 Å². The van der Waals surface area contributed by atoms with Gasteiger partial charge in [0.1, 0.15) is 11.6 Å². The van der Waals surface area contributed by atoms with E-state index in [1.165, 1.54) is 0 Å². The first-order valence-corrected chi connectivity index (χ1v) is 10.2. The van der Waals surface area contributed by atoms with Gasteiger partial charge >= 0.3 is 5.97 Å². The molecule has 150 valence electrons. The molecule has 2 saturated heterocycles. The number of hydrogen-bond acceptors (Lipinski definition) is 6. The summed E-state index contributed by atoms with van der Waals surface area (Å²) in [5, 5.41) is 9.19. The number of carboxylic acid groups (broad SMARTS) is 1. The Hall–Kier alpha value is -1.73. The molecule has 7 nitrogen and oxygen atoms in total. The average molecular weight is 377 g/mol. The number of anilines is 1. The normalized spacial score (nSPS) is 24.1. The molecule has 2 fully saturated rings. The number of aryl methyl sites for hydroxylation is 2. The zero-order valence-corrected chi connectivity index (χ0v) is 16.6. The number of carboxylic acids is 1. The fraction of sp³-hybridized carbons (Fsp3) is 0.750. The third kappa shape index (κ3) is 5.39. The molecule has 1 aromatic heterocycles. The summed E-state index contributed by atoms with van der Waals surface area (Å²) in [6.07, 6.45) is 4.00. The van der Waals surface area contributed by atoms with Crippen molar-refractivity contribution in [3.63, 3.8) is 0 Å². The summed E-state index contributed by atoms with van der Waals surface area (Å²) in [6.45, 7) is 9.36. The molecule has 2 unspecified atom stereocenters. The number of hydrogen-bond donors (Lipinski definition) is 1. The van der Waals surface area contributed by atoms with Crippen LogP contribution in [-0.2, 0) is 16.0 Å². The van der Waals surface area contributed by atoms with Crippen molar-refractivity contribution in [1.82, 2.24) is 14.9 Å². The lowest BCUT2D eigenvalue weighted by molar-refractivity contribution is -0.137. The van der Waals surface area contributed by atoms with Crippen molar-refractivity contribution in [2.24, 2.45) is 5.92 Å². The molecule has 0 aliphatic carbocycles. The number of morpholine rings is 1. The Morgan fingerprint density at radius 2 is 2.07 bits per heavy atom. The molecule has 0 radical (unpaired) electrons. The first-order chi connectivity index (χ1) is 13.1. The average Bonchev–Trinajstić information content (AvgIpc) is 2.66. The molecule has 27 heavy (non-hydrogen) atoms. The largest absolute Gasteiger partial charge is 0.481 e. The van der Waals surface area contributed by atoms with Crippen molar-refractivity contribution in [3.05, 3.63) is 17.6 Å². The predicted octanol–water partition coefficient (Wildman–Crippen LogP) is 2.13. The topological polar surface area (TPSA) is 78.8 Å². The second-order valence-corrected chi connectivity index (χ2v) is 7.66. The predicted molar refractivity (Wildman–Crippen MR) is 104 cm³/mol. The van der Waals surface area contributed by atoms with E-state index in [-0.39, 0.29) is 6.42 Å². The summed E-state index contributed by atoms with van der Waals surface area (Å²) < 4.78 is 5.50. The third-order valence-electron chi connectivity index (χ3n) is 5.65. The van der Waals surface area contributed by atoms with Crippen molar-refractivity contribution in [2.45, 2.75) is 52.0 Å². The highest BCUT2D eigenvalue weighted by Crippen LogP contribution is 2.29. The number of piperidine rings is 1. The lowest BCUT2D eigenvalue weighted by atomic mass is 9.86. The quantitative estimate of drug-likeness (QED) is 0.781. The molecule has 3 rings (SSSR count). The fourth-order valence-electron chi connectivity index (χ4n) is 4.37. The second kappa shape index (κ2) is 9.46. The van der Waals surface area contributed by atoms with Gasteiger partial charge in [-0.1, -0.05) is 13.3 Å². The monoisotopic (exact) mass is 376 g/mol. The summed E-state index contributed by atoms with van der Waals surface area (Å²) in [7, 11) is 0. The SMILES string of the molecule is CCCc1cc(N2CCC(N3CCOCC3)C(CCC(=O)O)C2)nc(C)n1. The summed E-state index contributed by atoms with van der Waals surface area (Å²) >= 11 is 0. The zero-order valence-electron chi connectivity index (χ0n) is 16.6. The maximum Gasteiger partial charge on any atom is 0.303 e. The van der Waals surface area contributed by atoms with E-state index in [9.17, 15) is 9.90 Å². The molecular weight excluding hydrogens is 344 g/mol. The molecule has 2 atom stereocenters. The van der Waals surface area contributed by atoms with Gasteiger partial charge in [-0.2, -0.15) is 0 Å². The van der Waals surface area contributed by atoms with Crippen LogP contribution in [0.1, 0.15) is 44.1 Å². The van der Waals surface area contributed by atoms with Crippen LogP contribution < -0.4 is 4.90 Å². The van der Waals surface area contributed by atoms with Gasteiger partial charge < -0.3 is 14.7 Å². The molecule has 7 heteroatoms. The van der Waals surface area contributed by atoms with Crippen LogP contribution in [0.5, 0.6) is 0 Å². The van der Waals surface area contributed by atoms with Crippen molar-refractivity contribution in [1.29, 1.82) is 0 Å². The maximum absolute atomic E-state index is 11.2. The van der Waals surface area contributed by atoms with Gasteiger partial charge in [-0.3, -0.25) is 9.69 Å². The Balaban J connectivity index is 1.74. The van der Waals surface area contributed by atoms with Gasteiger partial charge in [-0.15, -0.1) is 0 Å². The van der Waals surface area contributed by atoms with Crippen molar-refractivity contribution < 1.29 is 14.6 Å². The van der Waals surface area contributed by atoms with Gasteiger partial charge in [0.05, 0.1) is 13.2 Å². The Kier molecular flexibility index (Phi) is 7.01. The number of aromatic nitrogens is 2. The molecule has 1 N–H and O–H groups in total. The van der Waals surface area contributed by atoms with Gasteiger partial charge in [-0.05, 0) is 32.1 Å². The molecule has 2 aliphatic rings. The fourth-order valence-corrected chi connectivity index (χ4v) is 4.37. The van der Waals surface area contributed by atoms with E-state index in [1.54, 1.807) is 0 Å². The number of nitrogens with zero attached hydrogens (tertiary/aromatic N) is 4. The molecule has 0 aromatic carbocycles. The van der Waals surface area contributed by atoms with Crippen molar-refractivity contribution in [3.8, 4) is 0 Å². The second-order valence-electron chi connectivity index (χ2n) is 7.66. The highest BCUT2D eigenvalue weighted by Gasteiger charge is 2.34. The van der Waals surface area contributed by atoms with E-state index in [0.29, 0.717) is 18.4 Å². The Morgan fingerprint density at radius 3 is 2.78 bits per heavy atom. The van der Waals surface area contributed by atoms with Crippen molar-refractivity contribution >= 4 is 11.8 Å². The first-order valence-electron chi connectivity index (χ1n) is 10.2. The smallest absolute Gasteiger partial charge is 0.303 e. The first kappa shape index (κ1) is 20.0. The van der Waals surface area contributed by atoms with Crippen LogP contribution in [0.3, 0.4) is 0 Å². The molecule has 2 aliphatic heterocycles. The molecule has 0 saturated carbocycles. The standard InChI is InChI=1S/C20H32N4O3/c1-3-4-17-13-19(22-15(2)21-17)24-8-7-18(23-9-11-27-12-10-23)16(14-24)5-6-20(25)26/h13,16,18H,3-12,14H2,1-2H3,(H,25,26). The highest BCUT2D eigenvalue weighted by atomic mass is 16.5. The van der Waals surface area contributed by atoms with Crippen molar-refractivity contribution in [2.75, 3.05) is 44.3 Å². The van der Waals surface area contributed by atoms with E-state index in [4.69, 9.17) is 4.74 Å². The molecule has 0 amide bonds. The minimum Gasteiger partial charge on any atom is -0.481 e. The number of carbonyl (C=O) groups is 1. The third-order valence-corrected chi connectivity index (χ3v) is 5.65. The number of ether oxygens (including phenoxy) is 1. The van der Waals surface area contributed by atoms with Gasteiger partial charge in [0.15, 0.2) is 0 Å². The summed E-state index contributed by atoms with van der Waals surface area (Å²) in [5.41, 5.74) is 1.09. The minimum absolute atomic E-state index is 0.225. The van der Waals surface area contributed by atoms with E-state index in [2.05, 4.69) is 32.8 Å². The van der Waals surface area contributed by atoms with Gasteiger partial charge in [0.25, 0.3) is 0 Å². The molecule has 3 heterocycles. The van der Waals surface area contributed by atoms with Gasteiger partial charge in [0.2, 0.25) is 0 Å².